The summed E-state index contributed by atoms with van der Waals surface area (Å²) in [5.74, 6) is 0.169. The van der Waals surface area contributed by atoms with Gasteiger partial charge < -0.3 is 15.5 Å². The Kier molecular flexibility index (Phi) is 3.25. The number of carbonyl (C=O) groups excluding carboxylic acids is 1. The molecule has 0 fully saturated rings. The van der Waals surface area contributed by atoms with Gasteiger partial charge in [-0.3, -0.25) is 4.79 Å². The summed E-state index contributed by atoms with van der Waals surface area (Å²) in [5.41, 5.74) is 7.41. The third-order valence-electron chi connectivity index (χ3n) is 2.54. The van der Waals surface area contributed by atoms with E-state index in [2.05, 4.69) is 9.97 Å². The van der Waals surface area contributed by atoms with Crippen LogP contribution in [0.15, 0.2) is 18.3 Å². The Morgan fingerprint density at radius 2 is 2.22 bits per heavy atom. The summed E-state index contributed by atoms with van der Waals surface area (Å²) in [5, 5.41) is 0.582. The molecule has 0 unspecified atom stereocenters. The number of nitrogens with one attached hydrogen (secondary N) is 1. The van der Waals surface area contributed by atoms with Gasteiger partial charge in [0.1, 0.15) is 5.75 Å². The fourth-order valence-corrected chi connectivity index (χ4v) is 2.06. The monoisotopic (exact) mass is 265 g/mol. The number of benzene rings is 1. The summed E-state index contributed by atoms with van der Waals surface area (Å²) in [6, 6.07) is 3.54. The standard InChI is InChI=1S/C12H12ClN3O2/c1-6-3-7(13)4-8(10(6)18-2)9-5-15-12(16-9)11(14)17/h3-5H,1-2H3,(H2,14,17)(H,15,16). The van der Waals surface area contributed by atoms with Crippen LogP contribution in [0, 0.1) is 6.92 Å². The van der Waals surface area contributed by atoms with Crippen molar-refractivity contribution < 1.29 is 9.53 Å². The quantitative estimate of drug-likeness (QED) is 0.892. The minimum Gasteiger partial charge on any atom is -0.496 e. The topological polar surface area (TPSA) is 81.0 Å². The Labute approximate surface area is 109 Å². The van der Waals surface area contributed by atoms with Crippen LogP contribution in [0.4, 0.5) is 0 Å². The molecule has 3 N–H and O–H groups in total. The molecule has 94 valence electrons. The third-order valence-corrected chi connectivity index (χ3v) is 2.76. The lowest BCUT2D eigenvalue weighted by Crippen LogP contribution is -2.12. The first kappa shape index (κ1) is 12.4. The van der Waals surface area contributed by atoms with E-state index in [4.69, 9.17) is 22.1 Å². The van der Waals surface area contributed by atoms with Crippen molar-refractivity contribution in [2.45, 2.75) is 6.92 Å². The number of rotatable bonds is 3. The molecule has 0 saturated carbocycles. The number of aryl methyl sites for hydroxylation is 1. The van der Waals surface area contributed by atoms with Crippen molar-refractivity contribution in [2.75, 3.05) is 7.11 Å². The van der Waals surface area contributed by atoms with Gasteiger partial charge in [-0.15, -0.1) is 0 Å². The van der Waals surface area contributed by atoms with Gasteiger partial charge in [0.25, 0.3) is 5.91 Å². The minimum absolute atomic E-state index is 0.102. The molecule has 5 nitrogen and oxygen atoms in total. The van der Waals surface area contributed by atoms with Crippen LogP contribution < -0.4 is 10.5 Å². The number of amides is 1. The molecule has 0 bridgehead atoms. The molecule has 2 aromatic rings. The van der Waals surface area contributed by atoms with E-state index in [9.17, 15) is 4.79 Å². The van der Waals surface area contributed by atoms with Crippen molar-refractivity contribution in [3.8, 4) is 17.0 Å². The Balaban J connectivity index is 2.58. The van der Waals surface area contributed by atoms with E-state index in [1.54, 1.807) is 19.2 Å². The predicted molar refractivity (Wildman–Crippen MR) is 68.8 cm³/mol. The van der Waals surface area contributed by atoms with Crippen molar-refractivity contribution >= 4 is 17.5 Å². The maximum Gasteiger partial charge on any atom is 0.284 e. The largest absolute Gasteiger partial charge is 0.496 e. The van der Waals surface area contributed by atoms with Crippen LogP contribution >= 0.6 is 11.6 Å². The lowest BCUT2D eigenvalue weighted by molar-refractivity contribution is 0.0991. The van der Waals surface area contributed by atoms with Crippen LogP contribution in [0.25, 0.3) is 11.3 Å². The van der Waals surface area contributed by atoms with E-state index >= 15 is 0 Å². The number of imidazole rings is 1. The summed E-state index contributed by atoms with van der Waals surface area (Å²) in [7, 11) is 1.57. The van der Waals surface area contributed by atoms with Crippen molar-refractivity contribution in [3.63, 3.8) is 0 Å². The molecule has 0 aliphatic heterocycles. The van der Waals surface area contributed by atoms with E-state index in [0.29, 0.717) is 16.5 Å². The van der Waals surface area contributed by atoms with Crippen LogP contribution in [0.1, 0.15) is 16.2 Å². The van der Waals surface area contributed by atoms with E-state index in [-0.39, 0.29) is 5.82 Å². The molecule has 18 heavy (non-hydrogen) atoms. The number of aromatic amines is 1. The second-order valence-corrected chi connectivity index (χ2v) is 4.25. The van der Waals surface area contributed by atoms with Gasteiger partial charge in [-0.2, -0.15) is 0 Å². The van der Waals surface area contributed by atoms with Gasteiger partial charge >= 0.3 is 0 Å². The molecule has 0 radical (unpaired) electrons. The van der Waals surface area contributed by atoms with Crippen LogP contribution in [0.2, 0.25) is 5.02 Å². The first-order valence-corrected chi connectivity index (χ1v) is 5.60. The summed E-state index contributed by atoms with van der Waals surface area (Å²) in [6.45, 7) is 1.89. The molecule has 1 aromatic carbocycles. The first-order valence-electron chi connectivity index (χ1n) is 5.22. The van der Waals surface area contributed by atoms with Gasteiger partial charge in [0.15, 0.2) is 5.82 Å². The normalized spacial score (nSPS) is 10.4. The molecular weight excluding hydrogens is 254 g/mol. The molecule has 1 amide bonds. The van der Waals surface area contributed by atoms with Crippen LogP contribution in [-0.4, -0.2) is 23.0 Å². The number of ether oxygens (including phenoxy) is 1. The number of halogens is 1. The Bertz CT molecular complexity index is 607. The maximum absolute atomic E-state index is 11.0. The zero-order valence-corrected chi connectivity index (χ0v) is 10.7. The number of aromatic nitrogens is 2. The number of primary amides is 1. The second kappa shape index (κ2) is 4.70. The number of methoxy groups -OCH3 is 1. The number of nitrogens with two attached hydrogens (primary N) is 1. The first-order chi connectivity index (χ1) is 8.52. The Hall–Kier alpha value is -2.01. The highest BCUT2D eigenvalue weighted by atomic mass is 35.5. The fraction of sp³-hybridized carbons (Fsp3) is 0.167. The number of carbonyl (C=O) groups is 1. The number of nitrogens with zero attached hydrogens (tertiary/aromatic N) is 1. The average Bonchev–Trinajstić information content (AvgIpc) is 2.77. The number of hydrogen-bond acceptors (Lipinski definition) is 3. The number of H-pyrrole nitrogens is 1. The van der Waals surface area contributed by atoms with E-state index in [0.717, 1.165) is 11.1 Å². The van der Waals surface area contributed by atoms with Gasteiger partial charge in [-0.1, -0.05) is 11.6 Å². The molecule has 0 aliphatic carbocycles. The molecule has 0 saturated heterocycles. The predicted octanol–water partition coefficient (Wildman–Crippen LogP) is 2.15. The average molecular weight is 266 g/mol. The molecule has 0 spiro atoms. The minimum atomic E-state index is -0.612. The lowest BCUT2D eigenvalue weighted by atomic mass is 10.1. The number of hydrogen-bond donors (Lipinski definition) is 2. The lowest BCUT2D eigenvalue weighted by Gasteiger charge is -2.10. The highest BCUT2D eigenvalue weighted by molar-refractivity contribution is 6.31. The zero-order chi connectivity index (χ0) is 13.3. The molecule has 0 atom stereocenters. The summed E-state index contributed by atoms with van der Waals surface area (Å²) in [6.07, 6.45) is 1.52. The Morgan fingerprint density at radius 3 is 2.78 bits per heavy atom. The molecular formula is C12H12ClN3O2. The van der Waals surface area contributed by atoms with E-state index in [1.807, 2.05) is 6.92 Å². The van der Waals surface area contributed by atoms with Crippen molar-refractivity contribution in [1.82, 2.24) is 9.97 Å². The van der Waals surface area contributed by atoms with Gasteiger partial charge in [0.05, 0.1) is 19.0 Å². The third kappa shape index (κ3) is 2.17. The summed E-state index contributed by atoms with van der Waals surface area (Å²) >= 11 is 6.02. The van der Waals surface area contributed by atoms with Crippen molar-refractivity contribution in [1.29, 1.82) is 0 Å². The highest BCUT2D eigenvalue weighted by Gasteiger charge is 2.14. The van der Waals surface area contributed by atoms with Crippen LogP contribution in [-0.2, 0) is 0 Å². The summed E-state index contributed by atoms with van der Waals surface area (Å²) in [4.78, 5) is 17.7. The second-order valence-electron chi connectivity index (χ2n) is 3.81. The van der Waals surface area contributed by atoms with Crippen LogP contribution in [0.3, 0.4) is 0 Å². The highest BCUT2D eigenvalue weighted by Crippen LogP contribution is 2.34. The van der Waals surface area contributed by atoms with Crippen molar-refractivity contribution in [2.24, 2.45) is 5.73 Å². The van der Waals surface area contributed by atoms with Gasteiger partial charge in [-0.25, -0.2) is 4.98 Å². The molecule has 1 heterocycles. The molecule has 0 aliphatic rings. The van der Waals surface area contributed by atoms with E-state index in [1.165, 1.54) is 6.20 Å². The van der Waals surface area contributed by atoms with Crippen molar-refractivity contribution in [3.05, 3.63) is 34.7 Å². The molecule has 2 rings (SSSR count). The van der Waals surface area contributed by atoms with Gasteiger partial charge in [0, 0.05) is 10.6 Å². The SMILES string of the molecule is COc1c(C)cc(Cl)cc1-c1cnc(C(N)=O)[nH]1. The van der Waals surface area contributed by atoms with Crippen LogP contribution in [0.5, 0.6) is 5.75 Å². The molecule has 1 aromatic heterocycles. The zero-order valence-electron chi connectivity index (χ0n) is 9.95. The summed E-state index contributed by atoms with van der Waals surface area (Å²) < 4.78 is 5.33. The smallest absolute Gasteiger partial charge is 0.284 e. The maximum atomic E-state index is 11.0. The molecule has 6 heteroatoms. The van der Waals surface area contributed by atoms with Gasteiger partial charge in [-0.05, 0) is 24.6 Å². The Morgan fingerprint density at radius 1 is 1.50 bits per heavy atom. The van der Waals surface area contributed by atoms with E-state index < -0.39 is 5.91 Å². The van der Waals surface area contributed by atoms with Gasteiger partial charge in [0.2, 0.25) is 0 Å². The fourth-order valence-electron chi connectivity index (χ4n) is 1.78.